The molecule has 0 aliphatic rings. The van der Waals surface area contributed by atoms with Crippen molar-refractivity contribution in [1.82, 2.24) is 0 Å². The van der Waals surface area contributed by atoms with Crippen LogP contribution in [-0.2, 0) is 0 Å². The minimum absolute atomic E-state index is 1.01. The molecule has 0 nitrogen and oxygen atoms in total. The Kier molecular flexibility index (Phi) is 5.57. The van der Waals surface area contributed by atoms with Gasteiger partial charge in [-0.1, -0.05) is 31.9 Å². The number of allylic oxidation sites excluding steroid dienone is 4. The average molecular weight is 134 g/mol. The van der Waals surface area contributed by atoms with Gasteiger partial charge in [-0.3, -0.25) is 0 Å². The first kappa shape index (κ1) is 9.04. The molecule has 0 aromatic rings. The zero-order valence-electron chi connectivity index (χ0n) is 6.72. The lowest BCUT2D eigenvalue weighted by Gasteiger charge is -1.90. The van der Waals surface area contributed by atoms with Crippen molar-refractivity contribution in [3.63, 3.8) is 0 Å². The van der Waals surface area contributed by atoms with Gasteiger partial charge in [-0.15, -0.1) is 6.42 Å². The lowest BCUT2D eigenvalue weighted by Crippen LogP contribution is -1.71. The van der Waals surface area contributed by atoms with Gasteiger partial charge in [-0.25, -0.2) is 0 Å². The molecule has 0 unspecified atom stereocenters. The van der Waals surface area contributed by atoms with Gasteiger partial charge in [-0.2, -0.15) is 0 Å². The van der Waals surface area contributed by atoms with Crippen LogP contribution < -0.4 is 0 Å². The van der Waals surface area contributed by atoms with Gasteiger partial charge in [-0.05, 0) is 24.5 Å². The fourth-order valence-corrected chi connectivity index (χ4v) is 0.644. The highest BCUT2D eigenvalue weighted by atomic mass is 13.9. The molecule has 0 fully saturated rings. The Morgan fingerprint density at radius 3 is 2.60 bits per heavy atom. The molecule has 0 saturated carbocycles. The zero-order chi connectivity index (χ0) is 7.82. The molecule has 0 heteroatoms. The molecule has 0 bridgehead atoms. The van der Waals surface area contributed by atoms with Crippen LogP contribution in [0.3, 0.4) is 0 Å². The van der Waals surface area contributed by atoms with Gasteiger partial charge in [0.05, 0.1) is 0 Å². The molecule has 0 saturated heterocycles. The van der Waals surface area contributed by atoms with E-state index in [1.807, 2.05) is 6.08 Å². The second-order valence-electron chi connectivity index (χ2n) is 2.05. The van der Waals surface area contributed by atoms with Crippen LogP contribution in [0.5, 0.6) is 0 Å². The summed E-state index contributed by atoms with van der Waals surface area (Å²) in [5.74, 6) is 2.51. The topological polar surface area (TPSA) is 0 Å². The molecule has 0 atom stereocenters. The van der Waals surface area contributed by atoms with Crippen molar-refractivity contribution >= 4 is 0 Å². The Hall–Kier alpha value is -0.960. The van der Waals surface area contributed by atoms with Crippen LogP contribution in [0, 0.1) is 12.3 Å². The molecule has 0 aromatic heterocycles. The SMILES string of the molecule is C#CC=C(C=CCC)CC. The molecule has 0 spiro atoms. The highest BCUT2D eigenvalue weighted by Gasteiger charge is 1.82. The van der Waals surface area contributed by atoms with Crippen LogP contribution in [0.2, 0.25) is 0 Å². The molecular formula is C10H14. The number of hydrogen-bond acceptors (Lipinski definition) is 0. The maximum atomic E-state index is 5.12. The summed E-state index contributed by atoms with van der Waals surface area (Å²) in [5.41, 5.74) is 1.23. The van der Waals surface area contributed by atoms with E-state index in [9.17, 15) is 0 Å². The fourth-order valence-electron chi connectivity index (χ4n) is 0.644. The molecule has 0 radical (unpaired) electrons. The Bertz CT molecular complexity index is 165. The average Bonchev–Trinajstić information content (AvgIpc) is 1.98. The largest absolute Gasteiger partial charge is 0.115 e. The Labute approximate surface area is 63.6 Å². The van der Waals surface area contributed by atoms with Crippen LogP contribution in [0.1, 0.15) is 26.7 Å². The molecular weight excluding hydrogens is 120 g/mol. The van der Waals surface area contributed by atoms with Crippen molar-refractivity contribution in [1.29, 1.82) is 0 Å². The summed E-state index contributed by atoms with van der Waals surface area (Å²) >= 11 is 0. The molecule has 0 aliphatic heterocycles. The maximum Gasteiger partial charge on any atom is -0.00897 e. The first-order valence-electron chi connectivity index (χ1n) is 3.66. The summed E-state index contributed by atoms with van der Waals surface area (Å²) in [6.07, 6.45) is 13.2. The molecule has 0 heterocycles. The van der Waals surface area contributed by atoms with Crippen molar-refractivity contribution < 1.29 is 0 Å². The van der Waals surface area contributed by atoms with Crippen LogP contribution in [0.15, 0.2) is 23.8 Å². The van der Waals surface area contributed by atoms with Gasteiger partial charge < -0.3 is 0 Å². The summed E-state index contributed by atoms with van der Waals surface area (Å²) in [6, 6.07) is 0. The van der Waals surface area contributed by atoms with Gasteiger partial charge in [0.2, 0.25) is 0 Å². The molecule has 54 valence electrons. The van der Waals surface area contributed by atoms with E-state index < -0.39 is 0 Å². The smallest absolute Gasteiger partial charge is 0.00897 e. The monoisotopic (exact) mass is 134 g/mol. The van der Waals surface area contributed by atoms with E-state index in [1.54, 1.807) is 0 Å². The summed E-state index contributed by atoms with van der Waals surface area (Å²) in [4.78, 5) is 0. The second-order valence-corrected chi connectivity index (χ2v) is 2.05. The predicted octanol–water partition coefficient (Wildman–Crippen LogP) is 2.92. The minimum Gasteiger partial charge on any atom is -0.115 e. The van der Waals surface area contributed by atoms with E-state index in [0.717, 1.165) is 12.8 Å². The third-order valence-corrected chi connectivity index (χ3v) is 1.24. The summed E-state index contributed by atoms with van der Waals surface area (Å²) < 4.78 is 0. The first-order chi connectivity index (χ1) is 4.85. The normalized spacial score (nSPS) is 11.9. The summed E-state index contributed by atoms with van der Waals surface area (Å²) in [7, 11) is 0. The van der Waals surface area contributed by atoms with Gasteiger partial charge in [0.25, 0.3) is 0 Å². The van der Waals surface area contributed by atoms with E-state index >= 15 is 0 Å². The third-order valence-electron chi connectivity index (χ3n) is 1.24. The predicted molar refractivity (Wildman–Crippen MR) is 46.6 cm³/mol. The standard InChI is InChI=1S/C10H14/c1-4-7-9-10(6-3)8-5-2/h2,7-9H,4,6H2,1,3H3. The van der Waals surface area contributed by atoms with Crippen LogP contribution in [0.25, 0.3) is 0 Å². The van der Waals surface area contributed by atoms with E-state index in [0.29, 0.717) is 0 Å². The van der Waals surface area contributed by atoms with E-state index in [1.165, 1.54) is 5.57 Å². The van der Waals surface area contributed by atoms with Crippen molar-refractivity contribution in [2.75, 3.05) is 0 Å². The zero-order valence-corrected chi connectivity index (χ0v) is 6.72. The molecule has 0 N–H and O–H groups in total. The van der Waals surface area contributed by atoms with E-state index in [4.69, 9.17) is 6.42 Å². The third kappa shape index (κ3) is 3.97. The van der Waals surface area contributed by atoms with Crippen molar-refractivity contribution in [2.24, 2.45) is 0 Å². The molecule has 10 heavy (non-hydrogen) atoms. The lowest BCUT2D eigenvalue weighted by atomic mass is 10.2. The van der Waals surface area contributed by atoms with Crippen molar-refractivity contribution in [3.8, 4) is 12.3 Å². The number of terminal acetylenes is 1. The first-order valence-corrected chi connectivity index (χ1v) is 3.66. The van der Waals surface area contributed by atoms with Gasteiger partial charge in [0.1, 0.15) is 0 Å². The van der Waals surface area contributed by atoms with E-state index in [2.05, 4.69) is 31.9 Å². The molecule has 0 amide bonds. The number of hydrogen-bond donors (Lipinski definition) is 0. The molecule has 0 rings (SSSR count). The highest BCUT2D eigenvalue weighted by Crippen LogP contribution is 2.01. The van der Waals surface area contributed by atoms with Crippen molar-refractivity contribution in [3.05, 3.63) is 23.8 Å². The lowest BCUT2D eigenvalue weighted by molar-refractivity contribution is 1.13. The maximum absolute atomic E-state index is 5.12. The quantitative estimate of drug-likeness (QED) is 0.411. The van der Waals surface area contributed by atoms with Crippen LogP contribution in [0.4, 0.5) is 0 Å². The molecule has 0 aliphatic carbocycles. The van der Waals surface area contributed by atoms with Crippen molar-refractivity contribution in [2.45, 2.75) is 26.7 Å². The number of rotatable bonds is 3. The van der Waals surface area contributed by atoms with Gasteiger partial charge >= 0.3 is 0 Å². The summed E-state index contributed by atoms with van der Waals surface area (Å²) in [6.45, 7) is 4.21. The molecule has 0 aromatic carbocycles. The Morgan fingerprint density at radius 1 is 1.50 bits per heavy atom. The van der Waals surface area contributed by atoms with Crippen LogP contribution in [-0.4, -0.2) is 0 Å². The summed E-state index contributed by atoms with van der Waals surface area (Å²) in [5, 5.41) is 0. The van der Waals surface area contributed by atoms with Gasteiger partial charge in [0.15, 0.2) is 0 Å². The second kappa shape index (κ2) is 6.16. The van der Waals surface area contributed by atoms with Crippen LogP contribution >= 0.6 is 0 Å². The van der Waals surface area contributed by atoms with E-state index in [-0.39, 0.29) is 0 Å². The minimum atomic E-state index is 1.01. The fraction of sp³-hybridized carbons (Fsp3) is 0.400. The Morgan fingerprint density at radius 2 is 2.20 bits per heavy atom. The highest BCUT2D eigenvalue weighted by molar-refractivity contribution is 5.26. The Balaban J connectivity index is 3.98. The van der Waals surface area contributed by atoms with Gasteiger partial charge in [0, 0.05) is 0 Å².